The highest BCUT2D eigenvalue weighted by Gasteiger charge is 2.19. The molecule has 114 valence electrons. The third kappa shape index (κ3) is 6.03. The summed E-state index contributed by atoms with van der Waals surface area (Å²) in [6, 6.07) is 6.50. The van der Waals surface area contributed by atoms with E-state index in [4.69, 9.17) is 4.18 Å². The van der Waals surface area contributed by atoms with Crippen molar-refractivity contribution in [1.29, 1.82) is 0 Å². The normalized spacial score (nSPS) is 14.2. The summed E-state index contributed by atoms with van der Waals surface area (Å²) in [5.74, 6) is 0. The molecule has 1 aromatic carbocycles. The molecular weight excluding hydrogens is 276 g/mol. The van der Waals surface area contributed by atoms with Crippen LogP contribution in [0.15, 0.2) is 29.2 Å². The summed E-state index contributed by atoms with van der Waals surface area (Å²) in [7, 11) is -3.73. The van der Waals surface area contributed by atoms with Crippen molar-refractivity contribution in [3.05, 3.63) is 29.8 Å². The molecule has 0 saturated heterocycles. The largest absolute Gasteiger partial charge is 0.393 e. The standard InChI is InChI=1S/C15H24O4S/c1-12-5-7-14(8-6-12)20(17,18)19-10-9-13(16)11-15(2,3)4/h5-8,13,16H,9-11H2,1-4H3/t13-/m1/s1. The molecule has 0 aromatic heterocycles. The van der Waals surface area contributed by atoms with Crippen LogP contribution in [0.25, 0.3) is 0 Å². The summed E-state index contributed by atoms with van der Waals surface area (Å²) >= 11 is 0. The van der Waals surface area contributed by atoms with Crippen LogP contribution in [0.2, 0.25) is 0 Å². The summed E-state index contributed by atoms with van der Waals surface area (Å²) in [6.45, 7) is 7.97. The maximum absolute atomic E-state index is 11.9. The van der Waals surface area contributed by atoms with Gasteiger partial charge in [0.1, 0.15) is 0 Å². The molecule has 0 heterocycles. The number of aliphatic hydroxyl groups excluding tert-OH is 1. The summed E-state index contributed by atoms with van der Waals surface area (Å²) in [5.41, 5.74) is 0.999. The van der Waals surface area contributed by atoms with E-state index in [-0.39, 0.29) is 16.9 Å². The SMILES string of the molecule is Cc1ccc(S(=O)(=O)OCC[C@@H](O)CC(C)(C)C)cc1. The van der Waals surface area contributed by atoms with Gasteiger partial charge in [0.25, 0.3) is 10.1 Å². The second-order valence-electron chi connectivity index (χ2n) is 6.30. The van der Waals surface area contributed by atoms with Gasteiger partial charge in [0, 0.05) is 0 Å². The molecule has 0 unspecified atom stereocenters. The minimum Gasteiger partial charge on any atom is -0.393 e. The van der Waals surface area contributed by atoms with E-state index in [0.717, 1.165) is 5.56 Å². The van der Waals surface area contributed by atoms with E-state index in [0.29, 0.717) is 12.8 Å². The lowest BCUT2D eigenvalue weighted by atomic mass is 9.88. The molecule has 20 heavy (non-hydrogen) atoms. The molecule has 1 rings (SSSR count). The van der Waals surface area contributed by atoms with Gasteiger partial charge in [-0.05, 0) is 37.3 Å². The summed E-state index contributed by atoms with van der Waals surface area (Å²) in [5, 5.41) is 9.81. The Morgan fingerprint density at radius 1 is 1.20 bits per heavy atom. The van der Waals surface area contributed by atoms with E-state index in [2.05, 4.69) is 0 Å². The molecular formula is C15H24O4S. The van der Waals surface area contributed by atoms with Crippen molar-refractivity contribution in [2.24, 2.45) is 5.41 Å². The van der Waals surface area contributed by atoms with Crippen molar-refractivity contribution in [1.82, 2.24) is 0 Å². The molecule has 0 saturated carbocycles. The number of aryl methyl sites for hydroxylation is 1. The minimum absolute atomic E-state index is 0.00649. The van der Waals surface area contributed by atoms with Gasteiger partial charge in [0.05, 0.1) is 17.6 Å². The lowest BCUT2D eigenvalue weighted by Crippen LogP contribution is -2.20. The average Bonchev–Trinajstić information content (AvgIpc) is 2.26. The molecule has 1 N–H and O–H groups in total. The number of hydrogen-bond acceptors (Lipinski definition) is 4. The first kappa shape index (κ1) is 17.1. The number of rotatable bonds is 6. The highest BCUT2D eigenvalue weighted by atomic mass is 32.2. The fourth-order valence-corrected chi connectivity index (χ4v) is 2.80. The van der Waals surface area contributed by atoms with Crippen LogP contribution in [0.4, 0.5) is 0 Å². The number of hydrogen-bond donors (Lipinski definition) is 1. The molecule has 5 heteroatoms. The monoisotopic (exact) mass is 300 g/mol. The van der Waals surface area contributed by atoms with Crippen molar-refractivity contribution in [3.8, 4) is 0 Å². The average molecular weight is 300 g/mol. The zero-order chi connectivity index (χ0) is 15.4. The molecule has 0 aliphatic rings. The van der Waals surface area contributed by atoms with Crippen molar-refractivity contribution >= 4 is 10.1 Å². The van der Waals surface area contributed by atoms with Crippen LogP contribution in [0.1, 0.15) is 39.2 Å². The first-order chi connectivity index (χ1) is 9.10. The van der Waals surface area contributed by atoms with Crippen LogP contribution in [0.3, 0.4) is 0 Å². The van der Waals surface area contributed by atoms with E-state index < -0.39 is 16.2 Å². The van der Waals surface area contributed by atoms with Crippen molar-refractivity contribution < 1.29 is 17.7 Å². The predicted octanol–water partition coefficient (Wildman–Crippen LogP) is 2.89. The van der Waals surface area contributed by atoms with Gasteiger partial charge >= 0.3 is 0 Å². The molecule has 0 amide bonds. The van der Waals surface area contributed by atoms with Crippen LogP contribution in [-0.4, -0.2) is 26.2 Å². The zero-order valence-electron chi connectivity index (χ0n) is 12.6. The van der Waals surface area contributed by atoms with Gasteiger partial charge in [-0.1, -0.05) is 38.5 Å². The maximum Gasteiger partial charge on any atom is 0.296 e. The van der Waals surface area contributed by atoms with Crippen molar-refractivity contribution in [2.75, 3.05) is 6.61 Å². The van der Waals surface area contributed by atoms with Gasteiger partial charge in [-0.15, -0.1) is 0 Å². The van der Waals surface area contributed by atoms with Crippen LogP contribution in [-0.2, 0) is 14.3 Å². The Morgan fingerprint density at radius 3 is 2.25 bits per heavy atom. The Morgan fingerprint density at radius 2 is 1.75 bits per heavy atom. The van der Waals surface area contributed by atoms with Gasteiger partial charge in [-0.25, -0.2) is 0 Å². The second-order valence-corrected chi connectivity index (χ2v) is 7.91. The van der Waals surface area contributed by atoms with Crippen LogP contribution < -0.4 is 0 Å². The van der Waals surface area contributed by atoms with Gasteiger partial charge < -0.3 is 5.11 Å². The smallest absolute Gasteiger partial charge is 0.296 e. The Bertz CT molecular complexity index is 512. The molecule has 0 radical (unpaired) electrons. The van der Waals surface area contributed by atoms with Crippen LogP contribution >= 0.6 is 0 Å². The molecule has 1 aromatic rings. The first-order valence-corrected chi connectivity index (χ1v) is 8.15. The van der Waals surface area contributed by atoms with E-state index in [1.165, 1.54) is 12.1 Å². The highest BCUT2D eigenvalue weighted by Crippen LogP contribution is 2.22. The Balaban J connectivity index is 2.50. The molecule has 0 bridgehead atoms. The topological polar surface area (TPSA) is 63.6 Å². The van der Waals surface area contributed by atoms with E-state index in [1.807, 2.05) is 27.7 Å². The fourth-order valence-electron chi connectivity index (χ4n) is 1.88. The number of benzene rings is 1. The van der Waals surface area contributed by atoms with Gasteiger partial charge in [0.2, 0.25) is 0 Å². The lowest BCUT2D eigenvalue weighted by Gasteiger charge is -2.22. The Labute approximate surface area is 121 Å². The molecule has 0 aliphatic heterocycles. The maximum atomic E-state index is 11.9. The summed E-state index contributed by atoms with van der Waals surface area (Å²) < 4.78 is 28.8. The quantitative estimate of drug-likeness (QED) is 0.821. The third-order valence-electron chi connectivity index (χ3n) is 2.85. The van der Waals surface area contributed by atoms with E-state index in [1.54, 1.807) is 12.1 Å². The molecule has 0 aliphatic carbocycles. The highest BCUT2D eigenvalue weighted by molar-refractivity contribution is 7.86. The predicted molar refractivity (Wildman–Crippen MR) is 79.0 cm³/mol. The Hall–Kier alpha value is -0.910. The van der Waals surface area contributed by atoms with Crippen molar-refractivity contribution in [3.63, 3.8) is 0 Å². The van der Waals surface area contributed by atoms with Gasteiger partial charge in [-0.2, -0.15) is 8.42 Å². The first-order valence-electron chi connectivity index (χ1n) is 6.74. The summed E-state index contributed by atoms with van der Waals surface area (Å²) in [4.78, 5) is 0.147. The molecule has 1 atom stereocenters. The van der Waals surface area contributed by atoms with Gasteiger partial charge in [-0.3, -0.25) is 4.18 Å². The fraction of sp³-hybridized carbons (Fsp3) is 0.600. The van der Waals surface area contributed by atoms with Crippen molar-refractivity contribution in [2.45, 2.75) is 51.5 Å². The van der Waals surface area contributed by atoms with E-state index >= 15 is 0 Å². The third-order valence-corrected chi connectivity index (χ3v) is 4.17. The Kier molecular flexibility index (Phi) is 5.74. The van der Waals surface area contributed by atoms with Gasteiger partial charge in [0.15, 0.2) is 0 Å². The minimum atomic E-state index is -3.73. The summed E-state index contributed by atoms with van der Waals surface area (Å²) in [6.07, 6.45) is 0.367. The van der Waals surface area contributed by atoms with E-state index in [9.17, 15) is 13.5 Å². The number of aliphatic hydroxyl groups is 1. The molecule has 4 nitrogen and oxygen atoms in total. The molecule has 0 fully saturated rings. The molecule has 0 spiro atoms. The van der Waals surface area contributed by atoms with Crippen LogP contribution in [0, 0.1) is 12.3 Å². The lowest BCUT2D eigenvalue weighted by molar-refractivity contribution is 0.0977. The second kappa shape index (κ2) is 6.70. The van der Waals surface area contributed by atoms with Crippen LogP contribution in [0.5, 0.6) is 0 Å². The zero-order valence-corrected chi connectivity index (χ0v) is 13.4.